The molecule has 5 nitrogen and oxygen atoms in total. The van der Waals surface area contributed by atoms with E-state index in [0.717, 1.165) is 5.75 Å². The molecule has 1 aromatic heterocycles. The van der Waals surface area contributed by atoms with E-state index in [4.69, 9.17) is 5.11 Å². The maximum Gasteiger partial charge on any atom is 0.339 e. The van der Waals surface area contributed by atoms with Crippen molar-refractivity contribution in [2.45, 2.75) is 13.0 Å². The van der Waals surface area contributed by atoms with Gasteiger partial charge in [0, 0.05) is 11.8 Å². The van der Waals surface area contributed by atoms with Crippen molar-refractivity contribution in [2.24, 2.45) is 0 Å². The maximum absolute atomic E-state index is 10.8. The van der Waals surface area contributed by atoms with E-state index < -0.39 is 5.97 Å². The van der Waals surface area contributed by atoms with Gasteiger partial charge in [-0.3, -0.25) is 0 Å². The quantitative estimate of drug-likeness (QED) is 0.790. The SMILES string of the molecule is CSCC(C)Nc1nnccc1C(=O)O. The minimum atomic E-state index is -0.997. The number of nitrogens with one attached hydrogen (secondary N) is 1. The summed E-state index contributed by atoms with van der Waals surface area (Å²) >= 11 is 1.69. The predicted molar refractivity (Wildman–Crippen MR) is 60.5 cm³/mol. The van der Waals surface area contributed by atoms with Gasteiger partial charge in [-0.2, -0.15) is 16.9 Å². The summed E-state index contributed by atoms with van der Waals surface area (Å²) in [6, 6.07) is 1.60. The zero-order valence-corrected chi connectivity index (χ0v) is 9.41. The highest BCUT2D eigenvalue weighted by molar-refractivity contribution is 7.98. The molecule has 1 heterocycles. The second-order valence-corrected chi connectivity index (χ2v) is 4.01. The number of carbonyl (C=O) groups is 1. The van der Waals surface area contributed by atoms with E-state index in [1.54, 1.807) is 11.8 Å². The summed E-state index contributed by atoms with van der Waals surface area (Å²) in [5, 5.41) is 19.3. The van der Waals surface area contributed by atoms with Crippen molar-refractivity contribution >= 4 is 23.5 Å². The summed E-state index contributed by atoms with van der Waals surface area (Å²) in [5.74, 6) is 0.214. The Balaban J connectivity index is 2.79. The molecule has 2 N–H and O–H groups in total. The molecule has 1 atom stereocenters. The van der Waals surface area contributed by atoms with Gasteiger partial charge in [-0.15, -0.1) is 5.10 Å². The minimum absolute atomic E-state index is 0.151. The lowest BCUT2D eigenvalue weighted by Gasteiger charge is -2.13. The molecule has 82 valence electrons. The first-order chi connectivity index (χ1) is 7.15. The Morgan fingerprint density at radius 3 is 3.07 bits per heavy atom. The molecule has 0 fully saturated rings. The summed E-state index contributed by atoms with van der Waals surface area (Å²) in [6.07, 6.45) is 3.36. The van der Waals surface area contributed by atoms with Crippen LogP contribution in [0.4, 0.5) is 5.82 Å². The first kappa shape index (κ1) is 11.8. The van der Waals surface area contributed by atoms with Gasteiger partial charge in [0.1, 0.15) is 5.56 Å². The van der Waals surface area contributed by atoms with E-state index in [1.807, 2.05) is 13.2 Å². The van der Waals surface area contributed by atoms with Crippen LogP contribution >= 0.6 is 11.8 Å². The summed E-state index contributed by atoms with van der Waals surface area (Å²) in [5.41, 5.74) is 0.151. The van der Waals surface area contributed by atoms with Crippen molar-refractivity contribution in [3.8, 4) is 0 Å². The Morgan fingerprint density at radius 2 is 2.47 bits per heavy atom. The van der Waals surface area contributed by atoms with Gasteiger partial charge in [0.05, 0.1) is 6.20 Å². The molecule has 0 bridgehead atoms. The predicted octanol–water partition coefficient (Wildman–Crippen LogP) is 1.34. The molecule has 0 aliphatic heterocycles. The molecule has 6 heteroatoms. The fourth-order valence-corrected chi connectivity index (χ4v) is 1.72. The number of anilines is 1. The van der Waals surface area contributed by atoms with Crippen LogP contribution < -0.4 is 5.32 Å². The normalized spacial score (nSPS) is 12.1. The molecule has 0 saturated carbocycles. The van der Waals surface area contributed by atoms with Gasteiger partial charge >= 0.3 is 5.97 Å². The summed E-state index contributed by atoms with van der Waals surface area (Å²) in [7, 11) is 0. The lowest BCUT2D eigenvalue weighted by molar-refractivity contribution is 0.0697. The fraction of sp³-hybridized carbons (Fsp3) is 0.444. The van der Waals surface area contributed by atoms with Gasteiger partial charge < -0.3 is 10.4 Å². The van der Waals surface area contributed by atoms with Crippen molar-refractivity contribution in [3.63, 3.8) is 0 Å². The van der Waals surface area contributed by atoms with Crippen molar-refractivity contribution in [1.29, 1.82) is 0 Å². The number of rotatable bonds is 5. The van der Waals surface area contributed by atoms with E-state index >= 15 is 0 Å². The third-order valence-electron chi connectivity index (χ3n) is 1.75. The molecular weight excluding hydrogens is 214 g/mol. The number of carboxylic acids is 1. The molecule has 0 aliphatic carbocycles. The second-order valence-electron chi connectivity index (χ2n) is 3.10. The Bertz CT molecular complexity index is 346. The molecule has 1 unspecified atom stereocenters. The molecule has 0 saturated heterocycles. The number of hydrogen-bond donors (Lipinski definition) is 2. The van der Waals surface area contributed by atoms with Gasteiger partial charge in [0.2, 0.25) is 0 Å². The van der Waals surface area contributed by atoms with E-state index in [-0.39, 0.29) is 11.6 Å². The van der Waals surface area contributed by atoms with E-state index in [9.17, 15) is 4.79 Å². The lowest BCUT2D eigenvalue weighted by atomic mass is 10.2. The monoisotopic (exact) mass is 227 g/mol. The Hall–Kier alpha value is -1.30. The van der Waals surface area contributed by atoms with Crippen LogP contribution in [0, 0.1) is 0 Å². The third-order valence-corrected chi connectivity index (χ3v) is 2.58. The van der Waals surface area contributed by atoms with Crippen LogP contribution in [-0.2, 0) is 0 Å². The van der Waals surface area contributed by atoms with Gasteiger partial charge in [-0.25, -0.2) is 4.79 Å². The summed E-state index contributed by atoms with van der Waals surface area (Å²) in [4.78, 5) is 10.8. The summed E-state index contributed by atoms with van der Waals surface area (Å²) < 4.78 is 0. The van der Waals surface area contributed by atoms with E-state index in [1.165, 1.54) is 12.3 Å². The number of carboxylic acid groups (broad SMARTS) is 1. The number of hydrogen-bond acceptors (Lipinski definition) is 5. The average molecular weight is 227 g/mol. The Kier molecular flexibility index (Phi) is 4.36. The zero-order valence-electron chi connectivity index (χ0n) is 8.60. The molecule has 0 amide bonds. The van der Waals surface area contributed by atoms with Gasteiger partial charge in [-0.1, -0.05) is 0 Å². The van der Waals surface area contributed by atoms with Crippen LogP contribution in [0.15, 0.2) is 12.3 Å². The lowest BCUT2D eigenvalue weighted by Crippen LogP contribution is -2.21. The number of aromatic nitrogens is 2. The van der Waals surface area contributed by atoms with E-state index in [2.05, 4.69) is 15.5 Å². The second kappa shape index (κ2) is 5.55. The first-order valence-electron chi connectivity index (χ1n) is 4.45. The van der Waals surface area contributed by atoms with Crippen LogP contribution in [0.25, 0.3) is 0 Å². The number of aromatic carboxylic acids is 1. The van der Waals surface area contributed by atoms with Gasteiger partial charge in [0.15, 0.2) is 5.82 Å². The summed E-state index contributed by atoms with van der Waals surface area (Å²) in [6.45, 7) is 1.97. The Labute approximate surface area is 92.3 Å². The third kappa shape index (κ3) is 3.39. The van der Waals surface area contributed by atoms with Crippen LogP contribution in [0.2, 0.25) is 0 Å². The topological polar surface area (TPSA) is 75.1 Å². The van der Waals surface area contributed by atoms with E-state index in [0.29, 0.717) is 5.82 Å². The average Bonchev–Trinajstić information content (AvgIpc) is 2.18. The first-order valence-corrected chi connectivity index (χ1v) is 5.85. The van der Waals surface area contributed by atoms with Crippen molar-refractivity contribution in [1.82, 2.24) is 10.2 Å². The molecular formula is C9H13N3O2S. The number of nitrogens with zero attached hydrogens (tertiary/aromatic N) is 2. The Morgan fingerprint density at radius 1 is 1.73 bits per heavy atom. The van der Waals surface area contributed by atoms with Gasteiger partial charge in [0.25, 0.3) is 0 Å². The van der Waals surface area contributed by atoms with Crippen LogP contribution in [0.5, 0.6) is 0 Å². The van der Waals surface area contributed by atoms with Crippen LogP contribution in [-0.4, -0.2) is 39.3 Å². The smallest absolute Gasteiger partial charge is 0.339 e. The largest absolute Gasteiger partial charge is 0.478 e. The molecule has 0 aliphatic rings. The molecule has 1 aromatic rings. The standard InChI is InChI=1S/C9H13N3O2S/c1-6(5-15-2)11-8-7(9(13)14)3-4-10-12-8/h3-4,6H,5H2,1-2H3,(H,11,12)(H,13,14). The highest BCUT2D eigenvalue weighted by Crippen LogP contribution is 2.12. The fourth-order valence-electron chi connectivity index (χ4n) is 1.14. The number of thioether (sulfide) groups is 1. The minimum Gasteiger partial charge on any atom is -0.478 e. The van der Waals surface area contributed by atoms with Crippen molar-refractivity contribution in [3.05, 3.63) is 17.8 Å². The van der Waals surface area contributed by atoms with Crippen LogP contribution in [0.1, 0.15) is 17.3 Å². The van der Waals surface area contributed by atoms with Crippen LogP contribution in [0.3, 0.4) is 0 Å². The van der Waals surface area contributed by atoms with Crippen molar-refractivity contribution < 1.29 is 9.90 Å². The maximum atomic E-state index is 10.8. The van der Waals surface area contributed by atoms with Crippen molar-refractivity contribution in [2.75, 3.05) is 17.3 Å². The molecule has 0 spiro atoms. The highest BCUT2D eigenvalue weighted by atomic mass is 32.2. The molecule has 1 rings (SSSR count). The molecule has 15 heavy (non-hydrogen) atoms. The highest BCUT2D eigenvalue weighted by Gasteiger charge is 2.12. The molecule has 0 radical (unpaired) electrons. The molecule has 0 aromatic carbocycles. The zero-order chi connectivity index (χ0) is 11.3. The van der Waals surface area contributed by atoms with Gasteiger partial charge in [-0.05, 0) is 19.2 Å².